The lowest BCUT2D eigenvalue weighted by molar-refractivity contribution is -0.110. The van der Waals surface area contributed by atoms with Crippen molar-refractivity contribution in [3.8, 4) is 17.0 Å². The van der Waals surface area contributed by atoms with Gasteiger partial charge >= 0.3 is 0 Å². The van der Waals surface area contributed by atoms with E-state index < -0.39 is 0 Å². The Morgan fingerprint density at radius 2 is 2.08 bits per heavy atom. The van der Waals surface area contributed by atoms with Gasteiger partial charge in [0.15, 0.2) is 0 Å². The van der Waals surface area contributed by atoms with Crippen molar-refractivity contribution in [2.75, 3.05) is 12.4 Å². The van der Waals surface area contributed by atoms with Crippen molar-refractivity contribution in [1.82, 2.24) is 10.2 Å². The van der Waals surface area contributed by atoms with Gasteiger partial charge in [0.25, 0.3) is 5.91 Å². The average molecular weight is 408 g/mol. The number of aromatic nitrogens is 2. The molecule has 6 heteroatoms. The molecule has 0 unspecified atom stereocenters. The standard InChI is InChI=1S/C20H14BrN3O2/c1-26-12-4-2-10-6-16-18(23-24-19(16)14(10)8-12)9-15-13-5-3-11(21)7-17(13)22-20(15)25/h2-5,7-9H,6H2,1H3,(H,22,25)(H,23,24)/b15-9-. The summed E-state index contributed by atoms with van der Waals surface area (Å²) in [4.78, 5) is 12.4. The fraction of sp³-hybridized carbons (Fsp3) is 0.100. The first-order valence-corrected chi connectivity index (χ1v) is 9.01. The number of H-pyrrole nitrogens is 1. The van der Waals surface area contributed by atoms with Crippen LogP contribution in [-0.2, 0) is 11.2 Å². The fourth-order valence-electron chi connectivity index (χ4n) is 3.60. The van der Waals surface area contributed by atoms with E-state index in [2.05, 4.69) is 37.5 Å². The molecule has 1 aliphatic heterocycles. The molecule has 2 N–H and O–H groups in total. The predicted octanol–water partition coefficient (Wildman–Crippen LogP) is 4.24. The van der Waals surface area contributed by atoms with Gasteiger partial charge in [0.2, 0.25) is 0 Å². The van der Waals surface area contributed by atoms with Crippen LogP contribution in [0.4, 0.5) is 5.69 Å². The topological polar surface area (TPSA) is 67.0 Å². The molecule has 2 heterocycles. The van der Waals surface area contributed by atoms with Gasteiger partial charge in [0, 0.05) is 27.6 Å². The summed E-state index contributed by atoms with van der Waals surface area (Å²) in [6, 6.07) is 11.8. The second-order valence-corrected chi connectivity index (χ2v) is 7.28. The Bertz CT molecular complexity index is 1110. The van der Waals surface area contributed by atoms with E-state index >= 15 is 0 Å². The molecule has 2 aromatic carbocycles. The van der Waals surface area contributed by atoms with E-state index in [0.717, 1.165) is 50.4 Å². The van der Waals surface area contributed by atoms with Crippen LogP contribution in [0.3, 0.4) is 0 Å². The average Bonchev–Trinajstić information content (AvgIpc) is 3.27. The molecule has 5 rings (SSSR count). The molecule has 0 radical (unpaired) electrons. The van der Waals surface area contributed by atoms with Crippen molar-refractivity contribution < 1.29 is 9.53 Å². The minimum Gasteiger partial charge on any atom is -0.497 e. The van der Waals surface area contributed by atoms with Gasteiger partial charge in [-0.2, -0.15) is 5.10 Å². The number of methoxy groups -OCH3 is 1. The third-order valence-corrected chi connectivity index (χ3v) is 5.39. The maximum absolute atomic E-state index is 12.4. The van der Waals surface area contributed by atoms with Crippen LogP contribution in [0.15, 0.2) is 40.9 Å². The van der Waals surface area contributed by atoms with Gasteiger partial charge in [-0.05, 0) is 35.9 Å². The molecule has 0 fully saturated rings. The lowest BCUT2D eigenvalue weighted by Crippen LogP contribution is -2.03. The molecule has 0 saturated heterocycles. The van der Waals surface area contributed by atoms with Crippen LogP contribution in [0.1, 0.15) is 22.4 Å². The Balaban J connectivity index is 1.59. The number of nitrogens with one attached hydrogen (secondary N) is 2. The molecule has 26 heavy (non-hydrogen) atoms. The summed E-state index contributed by atoms with van der Waals surface area (Å²) >= 11 is 3.44. The molecule has 0 spiro atoms. The summed E-state index contributed by atoms with van der Waals surface area (Å²) in [7, 11) is 1.66. The Morgan fingerprint density at radius 3 is 2.92 bits per heavy atom. The number of carbonyl (C=O) groups is 1. The number of ether oxygens (including phenoxy) is 1. The monoisotopic (exact) mass is 407 g/mol. The highest BCUT2D eigenvalue weighted by Crippen LogP contribution is 2.41. The quantitative estimate of drug-likeness (QED) is 0.488. The lowest BCUT2D eigenvalue weighted by atomic mass is 10.0. The smallest absolute Gasteiger partial charge is 0.256 e. The second-order valence-electron chi connectivity index (χ2n) is 6.37. The summed E-state index contributed by atoms with van der Waals surface area (Å²) < 4.78 is 6.26. The molecular weight excluding hydrogens is 394 g/mol. The highest BCUT2D eigenvalue weighted by atomic mass is 79.9. The summed E-state index contributed by atoms with van der Waals surface area (Å²) in [5.74, 6) is 0.716. The number of amides is 1. The number of fused-ring (bicyclic) bond motifs is 4. The summed E-state index contributed by atoms with van der Waals surface area (Å²) in [5, 5.41) is 10.5. The van der Waals surface area contributed by atoms with Crippen molar-refractivity contribution in [2.24, 2.45) is 0 Å². The van der Waals surface area contributed by atoms with Crippen molar-refractivity contribution in [1.29, 1.82) is 0 Å². The molecule has 5 nitrogen and oxygen atoms in total. The first-order chi connectivity index (χ1) is 12.6. The Morgan fingerprint density at radius 1 is 1.19 bits per heavy atom. The van der Waals surface area contributed by atoms with Crippen LogP contribution in [0, 0.1) is 0 Å². The maximum atomic E-state index is 12.4. The first kappa shape index (κ1) is 15.4. The molecule has 2 aliphatic rings. The van der Waals surface area contributed by atoms with E-state index in [1.165, 1.54) is 5.56 Å². The van der Waals surface area contributed by atoms with Gasteiger partial charge in [0.05, 0.1) is 29.8 Å². The van der Waals surface area contributed by atoms with Gasteiger partial charge in [-0.15, -0.1) is 0 Å². The van der Waals surface area contributed by atoms with Gasteiger partial charge in [-0.1, -0.05) is 28.1 Å². The minimum absolute atomic E-state index is 0.0985. The highest BCUT2D eigenvalue weighted by Gasteiger charge is 2.28. The summed E-state index contributed by atoms with van der Waals surface area (Å²) in [6.07, 6.45) is 2.68. The van der Waals surface area contributed by atoms with Gasteiger partial charge < -0.3 is 10.1 Å². The number of anilines is 1. The summed E-state index contributed by atoms with van der Waals surface area (Å²) in [5.41, 5.74) is 7.58. The minimum atomic E-state index is -0.0985. The predicted molar refractivity (Wildman–Crippen MR) is 104 cm³/mol. The van der Waals surface area contributed by atoms with E-state index in [4.69, 9.17) is 4.74 Å². The normalized spacial score (nSPS) is 15.6. The number of hydrogen-bond donors (Lipinski definition) is 2. The SMILES string of the molecule is COc1ccc2c(c1)-c1n[nH]c(/C=C3\C(=O)Nc4cc(Br)ccc43)c1C2. The molecule has 1 aliphatic carbocycles. The molecule has 1 aromatic heterocycles. The Hall–Kier alpha value is -2.86. The van der Waals surface area contributed by atoms with Gasteiger partial charge in [0.1, 0.15) is 5.75 Å². The number of rotatable bonds is 2. The molecular formula is C20H14BrN3O2. The van der Waals surface area contributed by atoms with Crippen molar-refractivity contribution >= 4 is 39.2 Å². The van der Waals surface area contributed by atoms with E-state index in [1.54, 1.807) is 7.11 Å². The molecule has 128 valence electrons. The Kier molecular flexibility index (Phi) is 3.30. The zero-order valence-corrected chi connectivity index (χ0v) is 15.5. The largest absolute Gasteiger partial charge is 0.497 e. The van der Waals surface area contributed by atoms with Crippen LogP contribution < -0.4 is 10.1 Å². The van der Waals surface area contributed by atoms with Crippen molar-refractivity contribution in [2.45, 2.75) is 6.42 Å². The van der Waals surface area contributed by atoms with Crippen LogP contribution in [0.5, 0.6) is 5.75 Å². The molecule has 1 amide bonds. The van der Waals surface area contributed by atoms with E-state index in [1.807, 2.05) is 36.4 Å². The number of benzene rings is 2. The maximum Gasteiger partial charge on any atom is 0.256 e. The number of carbonyl (C=O) groups excluding carboxylic acids is 1. The van der Waals surface area contributed by atoms with Crippen LogP contribution in [0.25, 0.3) is 22.9 Å². The van der Waals surface area contributed by atoms with Crippen molar-refractivity contribution in [3.05, 3.63) is 63.3 Å². The van der Waals surface area contributed by atoms with E-state index in [-0.39, 0.29) is 5.91 Å². The van der Waals surface area contributed by atoms with Gasteiger partial charge in [-0.25, -0.2) is 0 Å². The van der Waals surface area contributed by atoms with Gasteiger partial charge in [-0.3, -0.25) is 9.89 Å². The van der Waals surface area contributed by atoms with Crippen LogP contribution >= 0.6 is 15.9 Å². The number of nitrogens with zero attached hydrogens (tertiary/aromatic N) is 1. The molecule has 0 bridgehead atoms. The summed E-state index contributed by atoms with van der Waals surface area (Å²) in [6.45, 7) is 0. The fourth-order valence-corrected chi connectivity index (χ4v) is 3.96. The number of hydrogen-bond acceptors (Lipinski definition) is 3. The third-order valence-electron chi connectivity index (χ3n) is 4.89. The first-order valence-electron chi connectivity index (χ1n) is 8.21. The molecule has 0 saturated carbocycles. The molecule has 0 atom stereocenters. The van der Waals surface area contributed by atoms with E-state index in [0.29, 0.717) is 5.57 Å². The number of halogens is 1. The van der Waals surface area contributed by atoms with Crippen LogP contribution in [0.2, 0.25) is 0 Å². The molecule has 3 aromatic rings. The third kappa shape index (κ3) is 2.22. The van der Waals surface area contributed by atoms with E-state index in [9.17, 15) is 4.79 Å². The zero-order valence-electron chi connectivity index (χ0n) is 13.9. The second kappa shape index (κ2) is 5.57. The number of aromatic amines is 1. The van der Waals surface area contributed by atoms with Crippen molar-refractivity contribution in [3.63, 3.8) is 0 Å². The van der Waals surface area contributed by atoms with Crippen LogP contribution in [-0.4, -0.2) is 23.2 Å². The lowest BCUT2D eigenvalue weighted by Gasteiger charge is -2.03. The zero-order chi connectivity index (χ0) is 17.8. The Labute approximate surface area is 158 Å². The highest BCUT2D eigenvalue weighted by molar-refractivity contribution is 9.10.